The molecule has 0 unspecified atom stereocenters. The lowest BCUT2D eigenvalue weighted by atomic mass is 10.0. The Hall–Kier alpha value is -2.99. The van der Waals surface area contributed by atoms with Crippen molar-refractivity contribution in [3.8, 4) is 11.5 Å². The second kappa shape index (κ2) is 9.43. The number of carbonyl (C=O) groups is 1. The molecular formula is C25H31N3O3. The van der Waals surface area contributed by atoms with E-state index in [4.69, 9.17) is 15.2 Å². The van der Waals surface area contributed by atoms with Gasteiger partial charge in [0.15, 0.2) is 0 Å². The smallest absolute Gasteiger partial charge is 0.248 e. The SMILES string of the molecule is CCOc1cccc(OC)c1CCN1CCC(n2ccc3ccc(C(N)=O)cc32)CC1. The minimum absolute atomic E-state index is 0.382. The Labute approximate surface area is 183 Å². The van der Waals surface area contributed by atoms with Crippen molar-refractivity contribution < 1.29 is 14.3 Å². The van der Waals surface area contributed by atoms with Crippen LogP contribution >= 0.6 is 0 Å². The van der Waals surface area contributed by atoms with Crippen LogP contribution < -0.4 is 15.2 Å². The maximum absolute atomic E-state index is 11.6. The van der Waals surface area contributed by atoms with E-state index in [1.165, 1.54) is 0 Å². The van der Waals surface area contributed by atoms with Crippen molar-refractivity contribution in [2.24, 2.45) is 5.73 Å². The molecule has 0 spiro atoms. The average molecular weight is 422 g/mol. The summed E-state index contributed by atoms with van der Waals surface area (Å²) in [5.74, 6) is 1.43. The summed E-state index contributed by atoms with van der Waals surface area (Å²) >= 11 is 0. The number of amides is 1. The predicted molar refractivity (Wildman–Crippen MR) is 123 cm³/mol. The molecule has 2 heterocycles. The molecule has 4 rings (SSSR count). The van der Waals surface area contributed by atoms with Crippen LogP contribution in [0.2, 0.25) is 0 Å². The number of benzene rings is 2. The summed E-state index contributed by atoms with van der Waals surface area (Å²) in [6.45, 7) is 5.71. The molecule has 1 aliphatic heterocycles. The Balaban J connectivity index is 1.41. The molecule has 2 aromatic carbocycles. The van der Waals surface area contributed by atoms with E-state index < -0.39 is 0 Å². The van der Waals surface area contributed by atoms with Crippen molar-refractivity contribution in [3.05, 3.63) is 59.8 Å². The molecule has 3 aromatic rings. The second-order valence-corrected chi connectivity index (χ2v) is 8.05. The van der Waals surface area contributed by atoms with Gasteiger partial charge in [-0.15, -0.1) is 0 Å². The highest BCUT2D eigenvalue weighted by Gasteiger charge is 2.22. The maximum atomic E-state index is 11.6. The number of aromatic nitrogens is 1. The Morgan fingerprint density at radius 2 is 1.90 bits per heavy atom. The van der Waals surface area contributed by atoms with Crippen LogP contribution in [0.25, 0.3) is 10.9 Å². The molecule has 1 fully saturated rings. The number of ether oxygens (including phenoxy) is 2. The first kappa shape index (κ1) is 21.2. The standard InChI is InChI=1S/C25H31N3O3/c1-3-31-24-6-4-5-23(30-2)21(24)12-15-27-13-10-20(11-14-27)28-16-9-18-7-8-19(25(26)29)17-22(18)28/h4-9,16-17,20H,3,10-15H2,1-2H3,(H2,26,29). The average Bonchev–Trinajstić information content (AvgIpc) is 3.22. The number of primary amides is 1. The first-order valence-electron chi connectivity index (χ1n) is 11.0. The van der Waals surface area contributed by atoms with Crippen molar-refractivity contribution in [1.82, 2.24) is 9.47 Å². The van der Waals surface area contributed by atoms with Gasteiger partial charge in [-0.05, 0) is 61.9 Å². The molecule has 164 valence electrons. The third kappa shape index (κ3) is 4.54. The van der Waals surface area contributed by atoms with Gasteiger partial charge in [0.1, 0.15) is 11.5 Å². The van der Waals surface area contributed by atoms with Gasteiger partial charge in [-0.25, -0.2) is 0 Å². The lowest BCUT2D eigenvalue weighted by Gasteiger charge is -2.33. The van der Waals surface area contributed by atoms with Gasteiger partial charge < -0.3 is 24.7 Å². The molecule has 31 heavy (non-hydrogen) atoms. The van der Waals surface area contributed by atoms with Crippen LogP contribution in [0.3, 0.4) is 0 Å². The summed E-state index contributed by atoms with van der Waals surface area (Å²) in [7, 11) is 1.71. The van der Waals surface area contributed by atoms with Gasteiger partial charge in [0.25, 0.3) is 0 Å². The summed E-state index contributed by atoms with van der Waals surface area (Å²) in [6, 6.07) is 14.2. The molecule has 0 bridgehead atoms. The summed E-state index contributed by atoms with van der Waals surface area (Å²) in [5.41, 5.74) is 8.27. The zero-order chi connectivity index (χ0) is 21.8. The number of nitrogens with two attached hydrogens (primary N) is 1. The van der Waals surface area contributed by atoms with Gasteiger partial charge in [-0.3, -0.25) is 4.79 Å². The number of hydrogen-bond donors (Lipinski definition) is 1. The Morgan fingerprint density at radius 3 is 2.61 bits per heavy atom. The molecular weight excluding hydrogens is 390 g/mol. The molecule has 0 saturated carbocycles. The first-order chi connectivity index (χ1) is 15.1. The lowest BCUT2D eigenvalue weighted by molar-refractivity contribution is 0.100. The molecule has 0 radical (unpaired) electrons. The Morgan fingerprint density at radius 1 is 1.13 bits per heavy atom. The van der Waals surface area contributed by atoms with Gasteiger partial charge >= 0.3 is 0 Å². The molecule has 1 aromatic heterocycles. The summed E-state index contributed by atoms with van der Waals surface area (Å²) < 4.78 is 13.7. The van der Waals surface area contributed by atoms with E-state index in [0.717, 1.165) is 66.9 Å². The maximum Gasteiger partial charge on any atom is 0.248 e. The van der Waals surface area contributed by atoms with Crippen molar-refractivity contribution >= 4 is 16.8 Å². The molecule has 1 amide bonds. The van der Waals surface area contributed by atoms with Crippen LogP contribution in [0.15, 0.2) is 48.7 Å². The Kier molecular flexibility index (Phi) is 6.47. The van der Waals surface area contributed by atoms with Gasteiger partial charge in [0, 0.05) is 48.5 Å². The number of rotatable bonds is 8. The van der Waals surface area contributed by atoms with E-state index in [0.29, 0.717) is 18.2 Å². The first-order valence-corrected chi connectivity index (χ1v) is 11.0. The van der Waals surface area contributed by atoms with Crippen molar-refractivity contribution in [2.45, 2.75) is 32.2 Å². The van der Waals surface area contributed by atoms with Gasteiger partial charge in [-0.2, -0.15) is 0 Å². The highest BCUT2D eigenvalue weighted by Crippen LogP contribution is 2.31. The fourth-order valence-electron chi connectivity index (χ4n) is 4.59. The molecule has 1 aliphatic rings. The largest absolute Gasteiger partial charge is 0.496 e. The summed E-state index contributed by atoms with van der Waals surface area (Å²) in [4.78, 5) is 14.1. The zero-order valence-electron chi connectivity index (χ0n) is 18.3. The Bertz CT molecular complexity index is 1050. The lowest BCUT2D eigenvalue weighted by Crippen LogP contribution is -2.36. The molecule has 1 saturated heterocycles. The van der Waals surface area contributed by atoms with Gasteiger partial charge in [0.2, 0.25) is 5.91 Å². The topological polar surface area (TPSA) is 69.7 Å². The van der Waals surface area contributed by atoms with E-state index in [-0.39, 0.29) is 5.91 Å². The summed E-state index contributed by atoms with van der Waals surface area (Å²) in [5, 5.41) is 1.15. The normalized spacial score (nSPS) is 15.3. The van der Waals surface area contributed by atoms with Crippen molar-refractivity contribution in [3.63, 3.8) is 0 Å². The number of methoxy groups -OCH3 is 1. The second-order valence-electron chi connectivity index (χ2n) is 8.05. The van der Waals surface area contributed by atoms with Crippen LogP contribution in [-0.2, 0) is 6.42 Å². The fourth-order valence-corrected chi connectivity index (χ4v) is 4.59. The number of likely N-dealkylation sites (tertiary alicyclic amines) is 1. The molecule has 2 N–H and O–H groups in total. The van der Waals surface area contributed by atoms with Crippen LogP contribution in [0, 0.1) is 0 Å². The monoisotopic (exact) mass is 421 g/mol. The molecule has 6 heteroatoms. The third-order valence-corrected chi connectivity index (χ3v) is 6.25. The zero-order valence-corrected chi connectivity index (χ0v) is 18.3. The van der Waals surface area contributed by atoms with E-state index >= 15 is 0 Å². The van der Waals surface area contributed by atoms with E-state index in [1.54, 1.807) is 13.2 Å². The fraction of sp³-hybridized carbons (Fsp3) is 0.400. The number of piperidine rings is 1. The number of nitrogens with zero attached hydrogens (tertiary/aromatic N) is 2. The number of hydrogen-bond acceptors (Lipinski definition) is 4. The number of carbonyl (C=O) groups excluding carboxylic acids is 1. The minimum atomic E-state index is -0.382. The van der Waals surface area contributed by atoms with Gasteiger partial charge in [0.05, 0.1) is 13.7 Å². The highest BCUT2D eigenvalue weighted by atomic mass is 16.5. The molecule has 0 aliphatic carbocycles. The van der Waals surface area contributed by atoms with Crippen molar-refractivity contribution in [1.29, 1.82) is 0 Å². The van der Waals surface area contributed by atoms with Crippen LogP contribution in [-0.4, -0.2) is 48.7 Å². The van der Waals surface area contributed by atoms with E-state index in [2.05, 4.69) is 21.7 Å². The van der Waals surface area contributed by atoms with Crippen LogP contribution in [0.4, 0.5) is 0 Å². The third-order valence-electron chi connectivity index (χ3n) is 6.25. The minimum Gasteiger partial charge on any atom is -0.496 e. The highest BCUT2D eigenvalue weighted by molar-refractivity contribution is 5.97. The van der Waals surface area contributed by atoms with E-state index in [1.807, 2.05) is 37.3 Å². The molecule has 0 atom stereocenters. The van der Waals surface area contributed by atoms with Gasteiger partial charge in [-0.1, -0.05) is 12.1 Å². The predicted octanol–water partition coefficient (Wildman–Crippen LogP) is 4.03. The van der Waals surface area contributed by atoms with E-state index in [9.17, 15) is 4.79 Å². The quantitative estimate of drug-likeness (QED) is 0.596. The van der Waals surface area contributed by atoms with Crippen LogP contribution in [0.5, 0.6) is 11.5 Å². The summed E-state index contributed by atoms with van der Waals surface area (Å²) in [6.07, 6.45) is 5.20. The number of fused-ring (bicyclic) bond motifs is 1. The van der Waals surface area contributed by atoms with Crippen LogP contribution in [0.1, 0.15) is 41.7 Å². The van der Waals surface area contributed by atoms with Crippen molar-refractivity contribution in [2.75, 3.05) is 33.4 Å². The molecule has 6 nitrogen and oxygen atoms in total.